The Morgan fingerprint density at radius 3 is 2.55 bits per heavy atom. The fourth-order valence-electron chi connectivity index (χ4n) is 4.86. The van der Waals surface area contributed by atoms with Crippen LogP contribution in [0.3, 0.4) is 0 Å². The zero-order valence-electron chi connectivity index (χ0n) is 26.1. The largest absolute Gasteiger partial charge is 0.494 e. The van der Waals surface area contributed by atoms with Crippen molar-refractivity contribution in [3.8, 4) is 16.3 Å². The van der Waals surface area contributed by atoms with E-state index in [2.05, 4.69) is 38.2 Å². The van der Waals surface area contributed by atoms with Gasteiger partial charge in [0.25, 0.3) is 11.8 Å². The fraction of sp³-hybridized carbons (Fsp3) is 0.429. The Balaban J connectivity index is 1.59. The molecule has 12 nitrogen and oxygen atoms in total. The molecule has 2 heterocycles. The van der Waals surface area contributed by atoms with Crippen LogP contribution in [0.25, 0.3) is 10.6 Å². The molecule has 1 atom stereocenters. The highest BCUT2D eigenvalue weighted by atomic mass is 32.1. The number of carbonyl (C=O) groups is 3. The number of aromatic nitrogens is 1. The molecular formula is C28H39B3N8O4S. The number of amides is 3. The molecule has 1 saturated heterocycles. The highest BCUT2D eigenvalue weighted by Gasteiger charge is 2.30. The molecule has 230 valence electrons. The van der Waals surface area contributed by atoms with Gasteiger partial charge in [0.2, 0.25) is 5.91 Å². The van der Waals surface area contributed by atoms with E-state index in [9.17, 15) is 14.4 Å². The topological polar surface area (TPSA) is 172 Å². The number of carbonyl (C=O) groups excluding carboxylic acids is 3. The first-order chi connectivity index (χ1) is 20.8. The third kappa shape index (κ3) is 8.60. The number of para-hydroxylation sites is 1. The average molecular weight is 616 g/mol. The van der Waals surface area contributed by atoms with Crippen molar-refractivity contribution in [2.75, 3.05) is 39.1 Å². The molecule has 1 unspecified atom stereocenters. The molecule has 1 aliphatic carbocycles. The monoisotopic (exact) mass is 616 g/mol. The lowest BCUT2D eigenvalue weighted by molar-refractivity contribution is -0.120. The summed E-state index contributed by atoms with van der Waals surface area (Å²) in [5.74, 6) is -0.625. The van der Waals surface area contributed by atoms with Crippen molar-refractivity contribution in [2.24, 2.45) is 11.8 Å². The normalized spacial score (nSPS) is 17.1. The second-order valence-electron chi connectivity index (χ2n) is 12.4. The predicted molar refractivity (Wildman–Crippen MR) is 181 cm³/mol. The van der Waals surface area contributed by atoms with Gasteiger partial charge in [0, 0.05) is 25.1 Å². The van der Waals surface area contributed by atoms with Crippen LogP contribution in [0.1, 0.15) is 34.6 Å². The minimum absolute atomic E-state index is 0.00348. The number of hydrogen-bond donors (Lipinski definition) is 6. The summed E-state index contributed by atoms with van der Waals surface area (Å²) in [6.07, 6.45) is 3.85. The fourth-order valence-corrected chi connectivity index (χ4v) is 5.86. The van der Waals surface area contributed by atoms with Gasteiger partial charge in [-0.15, -0.1) is 11.3 Å². The van der Waals surface area contributed by atoms with Crippen LogP contribution in [0.2, 0.25) is 0 Å². The Bertz CT molecular complexity index is 1500. The summed E-state index contributed by atoms with van der Waals surface area (Å²) >= 11 is 1.26. The van der Waals surface area contributed by atoms with Crippen LogP contribution < -0.4 is 26.0 Å². The molecule has 6 N–H and O–H groups in total. The first-order valence-corrected chi connectivity index (χ1v) is 15.5. The molecule has 16 heteroatoms. The molecule has 0 radical (unpaired) electrons. The molecule has 2 aromatic rings. The number of nitrogens with zero attached hydrogens (tertiary/aromatic N) is 2. The number of aryl methyl sites for hydroxylation is 1. The maximum atomic E-state index is 13.1. The molecule has 0 spiro atoms. The van der Waals surface area contributed by atoms with E-state index in [0.29, 0.717) is 45.0 Å². The van der Waals surface area contributed by atoms with Gasteiger partial charge in [0.1, 0.15) is 45.0 Å². The molecule has 1 aromatic carbocycles. The van der Waals surface area contributed by atoms with Crippen molar-refractivity contribution in [3.63, 3.8) is 0 Å². The summed E-state index contributed by atoms with van der Waals surface area (Å²) in [6.45, 7) is 4.40. The van der Waals surface area contributed by atoms with Crippen LogP contribution in [0, 0.1) is 29.6 Å². The molecule has 3 amide bonds. The number of hydrogen-bond acceptors (Lipinski definition) is 10. The van der Waals surface area contributed by atoms with Gasteiger partial charge in [-0.3, -0.25) is 25.2 Å². The van der Waals surface area contributed by atoms with Crippen molar-refractivity contribution in [3.05, 3.63) is 40.5 Å². The molecule has 0 bridgehead atoms. The molecule has 1 saturated carbocycles. The highest BCUT2D eigenvalue weighted by Crippen LogP contribution is 2.39. The van der Waals surface area contributed by atoms with E-state index in [1.807, 2.05) is 6.07 Å². The minimum atomic E-state index is -0.650. The Kier molecular flexibility index (Phi) is 10.4. The van der Waals surface area contributed by atoms with Gasteiger partial charge in [-0.2, -0.15) is 0 Å². The van der Waals surface area contributed by atoms with Gasteiger partial charge in [-0.25, -0.2) is 4.98 Å². The summed E-state index contributed by atoms with van der Waals surface area (Å²) in [5, 5.41) is 28.4. The third-order valence-corrected chi connectivity index (χ3v) is 8.43. The van der Waals surface area contributed by atoms with Crippen LogP contribution in [0.15, 0.2) is 30.0 Å². The average Bonchev–Trinajstić information content (AvgIpc) is 3.62. The van der Waals surface area contributed by atoms with Gasteiger partial charge in [-0.1, -0.05) is 6.07 Å². The minimum Gasteiger partial charge on any atom is -0.494 e. The number of rotatable bonds is 12. The number of amidine groups is 1. The lowest BCUT2D eigenvalue weighted by atomic mass is 9.49. The zero-order chi connectivity index (χ0) is 32.2. The number of thiazole rings is 1. The number of anilines is 1. The molecule has 4 rings (SSSR count). The van der Waals surface area contributed by atoms with Crippen LogP contribution in [-0.2, 0) is 9.59 Å². The smallest absolute Gasteiger partial charge is 0.269 e. The van der Waals surface area contributed by atoms with Gasteiger partial charge >= 0.3 is 0 Å². The summed E-state index contributed by atoms with van der Waals surface area (Å²) in [4.78, 5) is 45.7. The number of ether oxygens (including phenoxy) is 1. The van der Waals surface area contributed by atoms with Crippen LogP contribution in [0.4, 0.5) is 5.69 Å². The summed E-state index contributed by atoms with van der Waals surface area (Å²) in [6, 6.07) is 5.30. The number of nitrogens with one attached hydrogen (secondary N) is 6. The molecule has 2 aliphatic rings. The van der Waals surface area contributed by atoms with E-state index in [-0.39, 0.29) is 29.3 Å². The lowest BCUT2D eigenvalue weighted by Crippen LogP contribution is -2.52. The second kappa shape index (κ2) is 13.8. The Morgan fingerprint density at radius 2 is 1.93 bits per heavy atom. The van der Waals surface area contributed by atoms with Crippen molar-refractivity contribution in [1.29, 1.82) is 10.8 Å². The number of methoxy groups -OCH3 is 1. The van der Waals surface area contributed by atoms with Crippen molar-refractivity contribution >= 4 is 69.8 Å². The highest BCUT2D eigenvalue weighted by molar-refractivity contribution is 7.17. The number of likely N-dealkylation sites (tertiary alicyclic amines) is 1. The SMILES string of the molecule is BC(B)(B)NC(=O)C(=N)/C(=C\C(=N)NC(=O)C1CC1)Nc1cccc(-c2nc(C)c(C(=O)NCC3CCN(C)C3)s2)c1OC. The van der Waals surface area contributed by atoms with E-state index in [1.54, 1.807) is 42.6 Å². The first-order valence-electron chi connectivity index (χ1n) is 14.7. The standard InChI is InChI=1S/C28H39B3N8O4S/c1-14-23(26(42)34-12-15-9-10-39(2)13-15)44-27(35-14)17-5-4-6-18(22(17)43-3)36-19(21(33)25(41)38-28(29,30)31)11-20(32)37-24(40)16-7-8-16/h4-6,11,15-16,33,36H,7-10,12-13,29-31H2,1-3H3,(H,34,42)(H,38,41)(H2,32,37,40)/b19-11+,33-21?. The second-order valence-corrected chi connectivity index (χ2v) is 13.4. The summed E-state index contributed by atoms with van der Waals surface area (Å²) in [7, 11) is 8.98. The molecule has 44 heavy (non-hydrogen) atoms. The van der Waals surface area contributed by atoms with E-state index in [0.717, 1.165) is 32.4 Å². The van der Waals surface area contributed by atoms with E-state index in [4.69, 9.17) is 15.6 Å². The summed E-state index contributed by atoms with van der Waals surface area (Å²) < 4.78 is 5.77. The number of benzene rings is 1. The van der Waals surface area contributed by atoms with Crippen molar-refractivity contribution in [1.82, 2.24) is 25.8 Å². The first kappa shape index (κ1) is 33.0. The molecule has 1 aromatic heterocycles. The quantitative estimate of drug-likeness (QED) is 0.104. The summed E-state index contributed by atoms with van der Waals surface area (Å²) in [5.41, 5.74) is 1.21. The molecule has 2 fully saturated rings. The van der Waals surface area contributed by atoms with Gasteiger partial charge < -0.3 is 30.9 Å². The van der Waals surface area contributed by atoms with Gasteiger partial charge in [-0.05, 0) is 63.1 Å². The zero-order valence-corrected chi connectivity index (χ0v) is 27.0. The third-order valence-electron chi connectivity index (χ3n) is 7.24. The van der Waals surface area contributed by atoms with E-state index in [1.165, 1.54) is 24.5 Å². The van der Waals surface area contributed by atoms with E-state index < -0.39 is 16.9 Å². The maximum Gasteiger partial charge on any atom is 0.269 e. The van der Waals surface area contributed by atoms with Gasteiger partial charge in [0.15, 0.2) is 5.75 Å². The van der Waals surface area contributed by atoms with Crippen molar-refractivity contribution < 1.29 is 19.1 Å². The Hall–Kier alpha value is -3.91. The Morgan fingerprint density at radius 1 is 1.20 bits per heavy atom. The van der Waals surface area contributed by atoms with Crippen LogP contribution in [0.5, 0.6) is 5.75 Å². The lowest BCUT2D eigenvalue weighted by Gasteiger charge is -2.22. The van der Waals surface area contributed by atoms with Crippen LogP contribution in [-0.4, -0.2) is 102 Å². The molecule has 1 aliphatic heterocycles. The predicted octanol–water partition coefficient (Wildman–Crippen LogP) is -0.746. The Labute approximate surface area is 264 Å². The maximum absolute atomic E-state index is 13.1. The van der Waals surface area contributed by atoms with Gasteiger partial charge in [0.05, 0.1) is 29.8 Å². The molecular weight excluding hydrogens is 577 g/mol. The van der Waals surface area contributed by atoms with Crippen LogP contribution >= 0.6 is 11.3 Å². The van der Waals surface area contributed by atoms with Crippen molar-refractivity contribution in [2.45, 2.75) is 31.4 Å². The van der Waals surface area contributed by atoms with E-state index >= 15 is 0 Å².